The SMILES string of the molecule is Cn1cnc(CCNC(=O)Nc2cnn(CC(=O)O)c2)n1. The van der Waals surface area contributed by atoms with E-state index in [1.54, 1.807) is 18.1 Å². The maximum atomic E-state index is 11.6. The van der Waals surface area contributed by atoms with Gasteiger partial charge in [-0.1, -0.05) is 0 Å². The Balaban J connectivity index is 1.74. The van der Waals surface area contributed by atoms with Crippen molar-refractivity contribution in [1.29, 1.82) is 0 Å². The predicted molar refractivity (Wildman–Crippen MR) is 71.6 cm³/mol. The Kier molecular flexibility index (Phi) is 4.49. The molecule has 0 aromatic carbocycles. The summed E-state index contributed by atoms with van der Waals surface area (Å²) in [7, 11) is 1.77. The number of amides is 2. The second kappa shape index (κ2) is 6.50. The summed E-state index contributed by atoms with van der Waals surface area (Å²) >= 11 is 0. The number of urea groups is 1. The molecule has 112 valence electrons. The van der Waals surface area contributed by atoms with Crippen LogP contribution < -0.4 is 10.6 Å². The smallest absolute Gasteiger partial charge is 0.325 e. The van der Waals surface area contributed by atoms with Gasteiger partial charge in [0.2, 0.25) is 0 Å². The van der Waals surface area contributed by atoms with Gasteiger partial charge in [-0.05, 0) is 0 Å². The van der Waals surface area contributed by atoms with Crippen LogP contribution in [0.3, 0.4) is 0 Å². The van der Waals surface area contributed by atoms with E-state index in [0.29, 0.717) is 24.5 Å². The number of hydrogen-bond acceptors (Lipinski definition) is 5. The van der Waals surface area contributed by atoms with Crippen LogP contribution in [0.25, 0.3) is 0 Å². The lowest BCUT2D eigenvalue weighted by atomic mass is 10.4. The van der Waals surface area contributed by atoms with Crippen molar-refractivity contribution in [2.45, 2.75) is 13.0 Å². The number of anilines is 1. The minimum atomic E-state index is -1.00. The molecule has 2 aromatic heterocycles. The first-order valence-electron chi connectivity index (χ1n) is 6.16. The van der Waals surface area contributed by atoms with Crippen molar-refractivity contribution in [2.24, 2.45) is 7.05 Å². The lowest BCUT2D eigenvalue weighted by Gasteiger charge is -2.04. The van der Waals surface area contributed by atoms with Crippen molar-refractivity contribution in [3.05, 3.63) is 24.5 Å². The van der Waals surface area contributed by atoms with Crippen LogP contribution in [0.1, 0.15) is 5.82 Å². The molecule has 2 amide bonds. The molecule has 0 saturated carbocycles. The maximum absolute atomic E-state index is 11.6. The van der Waals surface area contributed by atoms with Crippen molar-refractivity contribution in [3.63, 3.8) is 0 Å². The summed E-state index contributed by atoms with van der Waals surface area (Å²) in [6.07, 6.45) is 4.93. The molecule has 3 N–H and O–H groups in total. The van der Waals surface area contributed by atoms with Gasteiger partial charge in [0.15, 0.2) is 5.82 Å². The molecule has 0 aliphatic heterocycles. The van der Waals surface area contributed by atoms with E-state index in [2.05, 4.69) is 25.8 Å². The highest BCUT2D eigenvalue weighted by atomic mass is 16.4. The van der Waals surface area contributed by atoms with Crippen molar-refractivity contribution in [3.8, 4) is 0 Å². The number of rotatable bonds is 6. The van der Waals surface area contributed by atoms with E-state index < -0.39 is 12.0 Å². The Labute approximate surface area is 119 Å². The first kappa shape index (κ1) is 14.5. The molecule has 0 radical (unpaired) electrons. The fourth-order valence-corrected chi connectivity index (χ4v) is 1.61. The zero-order valence-electron chi connectivity index (χ0n) is 11.4. The molecule has 10 nitrogen and oxygen atoms in total. The highest BCUT2D eigenvalue weighted by Gasteiger charge is 2.06. The number of carboxylic acids is 1. The van der Waals surface area contributed by atoms with E-state index in [1.807, 2.05) is 0 Å². The van der Waals surface area contributed by atoms with Crippen LogP contribution >= 0.6 is 0 Å². The number of aromatic nitrogens is 5. The van der Waals surface area contributed by atoms with Gasteiger partial charge in [0.1, 0.15) is 12.9 Å². The lowest BCUT2D eigenvalue weighted by molar-refractivity contribution is -0.137. The molecule has 2 rings (SSSR count). The molecule has 0 atom stereocenters. The van der Waals surface area contributed by atoms with Crippen LogP contribution in [0.5, 0.6) is 0 Å². The molecule has 21 heavy (non-hydrogen) atoms. The number of carbonyl (C=O) groups excluding carboxylic acids is 1. The van der Waals surface area contributed by atoms with Crippen molar-refractivity contribution in [2.75, 3.05) is 11.9 Å². The summed E-state index contributed by atoms with van der Waals surface area (Å²) < 4.78 is 2.81. The van der Waals surface area contributed by atoms with Crippen LogP contribution in [0.15, 0.2) is 18.7 Å². The van der Waals surface area contributed by atoms with Gasteiger partial charge in [-0.25, -0.2) is 9.78 Å². The van der Waals surface area contributed by atoms with Gasteiger partial charge < -0.3 is 15.7 Å². The molecule has 0 bridgehead atoms. The largest absolute Gasteiger partial charge is 0.480 e. The molecule has 2 heterocycles. The number of hydrogen-bond donors (Lipinski definition) is 3. The zero-order chi connectivity index (χ0) is 15.2. The molecule has 0 unspecified atom stereocenters. The molecule has 0 fully saturated rings. The molecule has 10 heteroatoms. The summed E-state index contributed by atoms with van der Waals surface area (Å²) in [4.78, 5) is 26.2. The molecule has 0 spiro atoms. The number of nitrogens with one attached hydrogen (secondary N) is 2. The number of nitrogens with zero attached hydrogens (tertiary/aromatic N) is 5. The van der Waals surface area contributed by atoms with Gasteiger partial charge in [0, 0.05) is 26.2 Å². The Morgan fingerprint density at radius 3 is 2.90 bits per heavy atom. The molecule has 2 aromatic rings. The summed E-state index contributed by atoms with van der Waals surface area (Å²) in [6.45, 7) is 0.133. The molecule has 0 aliphatic carbocycles. The van der Waals surface area contributed by atoms with Gasteiger partial charge in [-0.15, -0.1) is 0 Å². The number of aliphatic carboxylic acids is 1. The lowest BCUT2D eigenvalue weighted by Crippen LogP contribution is -2.30. The van der Waals surface area contributed by atoms with Gasteiger partial charge in [0.05, 0.1) is 11.9 Å². The summed E-state index contributed by atoms with van der Waals surface area (Å²) in [6, 6.07) is -0.402. The monoisotopic (exact) mass is 293 g/mol. The highest BCUT2D eigenvalue weighted by Crippen LogP contribution is 2.04. The normalized spacial score (nSPS) is 10.3. The third kappa shape index (κ3) is 4.60. The zero-order valence-corrected chi connectivity index (χ0v) is 11.4. The summed E-state index contributed by atoms with van der Waals surface area (Å²) in [5, 5.41) is 21.7. The van der Waals surface area contributed by atoms with Gasteiger partial charge in [-0.2, -0.15) is 10.2 Å². The average Bonchev–Trinajstić information content (AvgIpc) is 2.98. The number of carboxylic acid groups (broad SMARTS) is 1. The first-order valence-corrected chi connectivity index (χ1v) is 6.16. The first-order chi connectivity index (χ1) is 10.0. The van der Waals surface area contributed by atoms with Crippen LogP contribution in [-0.4, -0.2) is 48.2 Å². The number of carbonyl (C=O) groups is 2. The van der Waals surface area contributed by atoms with E-state index in [1.165, 1.54) is 17.1 Å². The van der Waals surface area contributed by atoms with E-state index in [-0.39, 0.29) is 6.54 Å². The molecular formula is C11H15N7O3. The van der Waals surface area contributed by atoms with Gasteiger partial charge in [0.25, 0.3) is 0 Å². The predicted octanol–water partition coefficient (Wildman–Crippen LogP) is -0.540. The fraction of sp³-hybridized carbons (Fsp3) is 0.364. The van der Waals surface area contributed by atoms with Crippen LogP contribution in [0.2, 0.25) is 0 Å². The van der Waals surface area contributed by atoms with Crippen LogP contribution in [-0.2, 0) is 24.8 Å². The topological polar surface area (TPSA) is 127 Å². The van der Waals surface area contributed by atoms with E-state index in [0.717, 1.165) is 0 Å². The number of aryl methyl sites for hydroxylation is 1. The van der Waals surface area contributed by atoms with E-state index in [9.17, 15) is 9.59 Å². The fourth-order valence-electron chi connectivity index (χ4n) is 1.61. The van der Waals surface area contributed by atoms with Crippen molar-refractivity contribution < 1.29 is 14.7 Å². The quantitative estimate of drug-likeness (QED) is 0.656. The molecule has 0 saturated heterocycles. The Morgan fingerprint density at radius 2 is 2.24 bits per heavy atom. The molecular weight excluding hydrogens is 278 g/mol. The average molecular weight is 293 g/mol. The standard InChI is InChI=1S/C11H15N7O3/c1-17-7-13-9(16-17)2-3-12-11(21)15-8-4-14-18(5-8)6-10(19)20/h4-5,7H,2-3,6H2,1H3,(H,19,20)(H2,12,15,21). The molecule has 0 aliphatic rings. The van der Waals surface area contributed by atoms with Crippen molar-refractivity contribution >= 4 is 17.7 Å². The summed E-state index contributed by atoms with van der Waals surface area (Å²) in [5.74, 6) is -0.357. The Morgan fingerprint density at radius 1 is 1.43 bits per heavy atom. The van der Waals surface area contributed by atoms with Gasteiger partial charge in [-0.3, -0.25) is 14.2 Å². The highest BCUT2D eigenvalue weighted by molar-refractivity contribution is 5.88. The van der Waals surface area contributed by atoms with E-state index >= 15 is 0 Å². The van der Waals surface area contributed by atoms with Crippen LogP contribution in [0.4, 0.5) is 10.5 Å². The Bertz CT molecular complexity index is 633. The second-order valence-electron chi connectivity index (χ2n) is 4.29. The van der Waals surface area contributed by atoms with Crippen LogP contribution in [0, 0.1) is 0 Å². The van der Waals surface area contributed by atoms with Crippen molar-refractivity contribution in [1.82, 2.24) is 29.9 Å². The Hall–Kier alpha value is -2.91. The van der Waals surface area contributed by atoms with E-state index in [4.69, 9.17) is 5.11 Å². The summed E-state index contributed by atoms with van der Waals surface area (Å²) in [5.41, 5.74) is 0.421. The minimum absolute atomic E-state index is 0.255. The minimum Gasteiger partial charge on any atom is -0.480 e. The third-order valence-corrected chi connectivity index (χ3v) is 2.47. The maximum Gasteiger partial charge on any atom is 0.325 e. The second-order valence-corrected chi connectivity index (χ2v) is 4.29. The van der Waals surface area contributed by atoms with Gasteiger partial charge >= 0.3 is 12.0 Å². The third-order valence-electron chi connectivity index (χ3n) is 2.47.